The Morgan fingerprint density at radius 1 is 1.05 bits per heavy atom. The van der Waals surface area contributed by atoms with Crippen LogP contribution in [-0.2, 0) is 30.2 Å². The van der Waals surface area contributed by atoms with Gasteiger partial charge in [-0.2, -0.15) is 0 Å². The van der Waals surface area contributed by atoms with Crippen molar-refractivity contribution in [1.82, 2.24) is 0 Å². The van der Waals surface area contributed by atoms with Crippen molar-refractivity contribution in [1.29, 1.82) is 0 Å². The van der Waals surface area contributed by atoms with Crippen LogP contribution in [0.15, 0.2) is 42.5 Å². The van der Waals surface area contributed by atoms with Crippen LogP contribution in [0.5, 0.6) is 5.75 Å². The van der Waals surface area contributed by atoms with E-state index < -0.39 is 29.6 Å². The van der Waals surface area contributed by atoms with Crippen LogP contribution in [0.3, 0.4) is 0 Å². The molecule has 1 heterocycles. The van der Waals surface area contributed by atoms with E-state index in [9.17, 15) is 24.3 Å². The number of hydrogen-bond donors (Lipinski definition) is 1. The number of ether oxygens (including phenoxy) is 3. The molecule has 0 bridgehead atoms. The topological polar surface area (TPSA) is 119 Å². The molecule has 204 valence electrons. The van der Waals surface area contributed by atoms with Gasteiger partial charge in [0, 0.05) is 13.0 Å². The van der Waals surface area contributed by atoms with Gasteiger partial charge in [-0.15, -0.1) is 0 Å². The number of hydrogen-bond acceptors (Lipinski definition) is 9. The number of esters is 3. The highest BCUT2D eigenvalue weighted by atomic mass is 16.6. The van der Waals surface area contributed by atoms with E-state index in [1.165, 1.54) is 37.3 Å². The third-order valence-electron chi connectivity index (χ3n) is 7.04. The fraction of sp³-hybridized carbons (Fsp3) is 0.448. The lowest BCUT2D eigenvalue weighted by atomic mass is 9.77. The number of aryl methyl sites for hydroxylation is 1. The number of phenols is 1. The maximum absolute atomic E-state index is 13.8. The van der Waals surface area contributed by atoms with Gasteiger partial charge in [0.1, 0.15) is 11.4 Å². The molecule has 0 saturated carbocycles. The van der Waals surface area contributed by atoms with Gasteiger partial charge in [0.2, 0.25) is 0 Å². The molecule has 2 unspecified atom stereocenters. The number of carbonyl (C=O) groups is 4. The maximum atomic E-state index is 13.8. The average Bonchev–Trinajstić information content (AvgIpc) is 2.90. The highest BCUT2D eigenvalue weighted by Crippen LogP contribution is 2.39. The van der Waals surface area contributed by atoms with E-state index in [1.807, 2.05) is 20.8 Å². The molecule has 0 spiro atoms. The van der Waals surface area contributed by atoms with Crippen LogP contribution < -0.4 is 4.90 Å². The summed E-state index contributed by atoms with van der Waals surface area (Å²) in [6.07, 6.45) is 1.45. The standard InChI is InChI=1S/C29H35NO8/c1-6-16-30(24-21(26(33)36-4)8-7-9-22(24)27(34)37-5)25-23(32)17-29(18(2)3,38-28(25)35)15-14-19-10-12-20(31)13-11-19/h7-13,18,25,31H,6,14-17H2,1-5H3. The van der Waals surface area contributed by atoms with Crippen LogP contribution >= 0.6 is 0 Å². The molecule has 1 saturated heterocycles. The number of Topliss-reactive ketones (excluding diaryl/α,β-unsaturated/α-hetero) is 1. The second kappa shape index (κ2) is 12.1. The molecule has 2 aromatic carbocycles. The molecule has 0 aliphatic carbocycles. The Labute approximate surface area is 222 Å². The number of anilines is 1. The molecular weight excluding hydrogens is 490 g/mol. The van der Waals surface area contributed by atoms with Gasteiger partial charge in [-0.3, -0.25) is 4.79 Å². The van der Waals surface area contributed by atoms with E-state index in [1.54, 1.807) is 24.3 Å². The summed E-state index contributed by atoms with van der Waals surface area (Å²) in [5.41, 5.74) is 0.100. The van der Waals surface area contributed by atoms with Crippen molar-refractivity contribution in [3.05, 3.63) is 59.2 Å². The Morgan fingerprint density at radius 2 is 1.63 bits per heavy atom. The van der Waals surface area contributed by atoms with Gasteiger partial charge in [0.05, 0.1) is 31.0 Å². The smallest absolute Gasteiger partial charge is 0.339 e. The molecule has 1 aliphatic heterocycles. The van der Waals surface area contributed by atoms with E-state index in [0.29, 0.717) is 19.3 Å². The second-order valence-electron chi connectivity index (χ2n) is 9.73. The summed E-state index contributed by atoms with van der Waals surface area (Å²) in [4.78, 5) is 54.2. The van der Waals surface area contributed by atoms with Crippen molar-refractivity contribution in [3.63, 3.8) is 0 Å². The molecule has 38 heavy (non-hydrogen) atoms. The van der Waals surface area contributed by atoms with Gasteiger partial charge < -0.3 is 24.2 Å². The molecule has 9 heteroatoms. The number of phenolic OH excluding ortho intramolecular Hbond substituents is 1. The van der Waals surface area contributed by atoms with Crippen LogP contribution in [0.2, 0.25) is 0 Å². The SMILES string of the molecule is CCCN(c1c(C(=O)OC)cccc1C(=O)OC)C1C(=O)CC(CCc2ccc(O)cc2)(C(C)C)OC1=O. The number of cyclic esters (lactones) is 1. The Kier molecular flexibility index (Phi) is 9.14. The van der Waals surface area contributed by atoms with Crippen LogP contribution in [0.25, 0.3) is 0 Å². The van der Waals surface area contributed by atoms with E-state index in [-0.39, 0.29) is 47.2 Å². The summed E-state index contributed by atoms with van der Waals surface area (Å²) in [5, 5.41) is 9.56. The number of aromatic hydroxyl groups is 1. The number of para-hydroxylation sites is 1. The van der Waals surface area contributed by atoms with Gasteiger partial charge in [0.25, 0.3) is 0 Å². The highest BCUT2D eigenvalue weighted by molar-refractivity contribution is 6.12. The molecule has 0 radical (unpaired) electrons. The summed E-state index contributed by atoms with van der Waals surface area (Å²) in [7, 11) is 2.43. The molecule has 0 amide bonds. The fourth-order valence-corrected chi connectivity index (χ4v) is 4.90. The first-order chi connectivity index (χ1) is 18.1. The molecule has 0 aromatic heterocycles. The minimum atomic E-state index is -1.34. The zero-order chi connectivity index (χ0) is 28.0. The first kappa shape index (κ1) is 28.7. The molecule has 2 atom stereocenters. The van der Waals surface area contributed by atoms with E-state index in [4.69, 9.17) is 14.2 Å². The minimum Gasteiger partial charge on any atom is -0.508 e. The first-order valence-electron chi connectivity index (χ1n) is 12.7. The van der Waals surface area contributed by atoms with E-state index in [0.717, 1.165) is 5.56 Å². The molecular formula is C29H35NO8. The van der Waals surface area contributed by atoms with Crippen molar-refractivity contribution in [2.24, 2.45) is 5.92 Å². The number of nitrogens with zero attached hydrogens (tertiary/aromatic N) is 1. The lowest BCUT2D eigenvalue weighted by molar-refractivity contribution is -0.179. The second-order valence-corrected chi connectivity index (χ2v) is 9.73. The molecule has 1 fully saturated rings. The number of ketones is 1. The largest absolute Gasteiger partial charge is 0.508 e. The van der Waals surface area contributed by atoms with E-state index in [2.05, 4.69) is 0 Å². The minimum absolute atomic E-state index is 0.0205. The van der Waals surface area contributed by atoms with Crippen LogP contribution in [0, 0.1) is 5.92 Å². The first-order valence-corrected chi connectivity index (χ1v) is 12.7. The third kappa shape index (κ3) is 5.82. The summed E-state index contributed by atoms with van der Waals surface area (Å²) in [6, 6.07) is 9.89. The van der Waals surface area contributed by atoms with Crippen molar-refractivity contribution in [3.8, 4) is 5.75 Å². The van der Waals surface area contributed by atoms with Crippen molar-refractivity contribution in [2.45, 2.75) is 58.1 Å². The molecule has 1 N–H and O–H groups in total. The number of rotatable bonds is 10. The predicted molar refractivity (Wildman–Crippen MR) is 140 cm³/mol. The fourth-order valence-electron chi connectivity index (χ4n) is 4.90. The summed E-state index contributed by atoms with van der Waals surface area (Å²) in [5.74, 6) is -2.51. The molecule has 9 nitrogen and oxygen atoms in total. The summed E-state index contributed by atoms with van der Waals surface area (Å²) in [6.45, 7) is 5.87. The molecule has 2 aromatic rings. The van der Waals surface area contributed by atoms with Crippen molar-refractivity contribution >= 4 is 29.4 Å². The van der Waals surface area contributed by atoms with Crippen LogP contribution in [0.4, 0.5) is 5.69 Å². The molecule has 1 aliphatic rings. The Hall–Kier alpha value is -3.88. The molecule has 3 rings (SSSR count). The van der Waals surface area contributed by atoms with Gasteiger partial charge in [-0.05, 0) is 55.0 Å². The zero-order valence-corrected chi connectivity index (χ0v) is 22.5. The highest BCUT2D eigenvalue weighted by Gasteiger charge is 2.51. The summed E-state index contributed by atoms with van der Waals surface area (Å²) < 4.78 is 15.9. The monoisotopic (exact) mass is 525 g/mol. The average molecular weight is 526 g/mol. The predicted octanol–water partition coefficient (Wildman–Crippen LogP) is 4.09. The van der Waals surface area contributed by atoms with Crippen molar-refractivity contribution in [2.75, 3.05) is 25.7 Å². The zero-order valence-electron chi connectivity index (χ0n) is 22.5. The lowest BCUT2D eigenvalue weighted by Gasteiger charge is -2.45. The van der Waals surface area contributed by atoms with Crippen molar-refractivity contribution < 1.29 is 38.5 Å². The normalized spacial score (nSPS) is 19.2. The Balaban J connectivity index is 2.01. The van der Waals surface area contributed by atoms with Gasteiger partial charge in [-0.25, -0.2) is 14.4 Å². The van der Waals surface area contributed by atoms with Crippen LogP contribution in [0.1, 0.15) is 66.3 Å². The summed E-state index contributed by atoms with van der Waals surface area (Å²) >= 11 is 0. The van der Waals surface area contributed by atoms with Gasteiger partial charge in [0.15, 0.2) is 11.8 Å². The maximum Gasteiger partial charge on any atom is 0.339 e. The van der Waals surface area contributed by atoms with Gasteiger partial charge in [-0.1, -0.05) is 39.0 Å². The van der Waals surface area contributed by atoms with Gasteiger partial charge >= 0.3 is 17.9 Å². The lowest BCUT2D eigenvalue weighted by Crippen LogP contribution is -2.59. The Bertz CT molecular complexity index is 1140. The van der Waals surface area contributed by atoms with Crippen LogP contribution in [-0.4, -0.2) is 61.2 Å². The number of carbonyl (C=O) groups excluding carboxylic acids is 4. The number of benzene rings is 2. The quantitative estimate of drug-likeness (QED) is 0.278. The Morgan fingerprint density at radius 3 is 2.11 bits per heavy atom. The third-order valence-corrected chi connectivity index (χ3v) is 7.04. The van der Waals surface area contributed by atoms with E-state index >= 15 is 0 Å². The number of methoxy groups -OCH3 is 2.